The van der Waals surface area contributed by atoms with Gasteiger partial charge in [0.15, 0.2) is 6.23 Å². The topological polar surface area (TPSA) is 110 Å². The number of methoxy groups -OCH3 is 2. The number of ether oxygens (including phenoxy) is 6. The van der Waals surface area contributed by atoms with Gasteiger partial charge in [0.25, 0.3) is 0 Å². The molecule has 2 rings (SSSR count). The molecule has 0 radical (unpaired) electrons. The molecule has 5 atom stereocenters. The second-order valence-corrected chi connectivity index (χ2v) is 15.6. The normalized spacial score (nSPS) is 28.9. The number of fused-ring (bicyclic) bond motifs is 1. The fraction of sp³-hybridized carbons (Fsp3) is 0.773. The third-order valence-corrected chi connectivity index (χ3v) is 7.73. The number of carbonyl (C=O) groups is 3. The summed E-state index contributed by atoms with van der Waals surface area (Å²) in [6.07, 6.45) is -2.44. The number of imide groups is 1. The van der Waals surface area contributed by atoms with E-state index in [0.29, 0.717) is 17.4 Å². The zero-order valence-electron chi connectivity index (χ0n) is 20.6. The van der Waals surface area contributed by atoms with Crippen LogP contribution in [0.4, 0.5) is 4.79 Å². The number of hydrogen-bond acceptors (Lipinski definition) is 9. The van der Waals surface area contributed by atoms with Crippen molar-refractivity contribution in [2.75, 3.05) is 27.6 Å². The summed E-state index contributed by atoms with van der Waals surface area (Å²) >= 11 is 0. The largest absolute Gasteiger partial charge is 0.462 e. The van der Waals surface area contributed by atoms with Gasteiger partial charge in [-0.3, -0.25) is 4.79 Å². The zero-order valence-corrected chi connectivity index (χ0v) is 21.6. The summed E-state index contributed by atoms with van der Waals surface area (Å²) in [6, 6.07) is 0.692. The van der Waals surface area contributed by atoms with Crippen molar-refractivity contribution < 1.29 is 42.8 Å². The molecule has 2 fully saturated rings. The van der Waals surface area contributed by atoms with Gasteiger partial charge < -0.3 is 28.4 Å². The van der Waals surface area contributed by atoms with Crippen LogP contribution in [0, 0.1) is 5.41 Å². The minimum atomic E-state index is -1.50. The van der Waals surface area contributed by atoms with E-state index in [1.807, 2.05) is 13.8 Å². The van der Waals surface area contributed by atoms with Gasteiger partial charge in [0.1, 0.15) is 19.0 Å². The minimum Gasteiger partial charge on any atom is -0.462 e. The smallest absolute Gasteiger partial charge is 0.419 e. The van der Waals surface area contributed by atoms with E-state index in [-0.39, 0.29) is 19.5 Å². The maximum absolute atomic E-state index is 13.0. The molecule has 0 spiro atoms. The summed E-state index contributed by atoms with van der Waals surface area (Å²) in [5.41, 5.74) is -0.471. The summed E-state index contributed by atoms with van der Waals surface area (Å²) in [4.78, 5) is 38.6. The second-order valence-electron chi connectivity index (χ2n) is 9.99. The van der Waals surface area contributed by atoms with Crippen molar-refractivity contribution in [2.24, 2.45) is 5.41 Å². The average Bonchev–Trinajstić information content (AvgIpc) is 2.73. The van der Waals surface area contributed by atoms with Gasteiger partial charge >= 0.3 is 18.0 Å². The van der Waals surface area contributed by atoms with Crippen LogP contribution in [0.2, 0.25) is 25.7 Å². The van der Waals surface area contributed by atoms with Crippen LogP contribution < -0.4 is 0 Å². The lowest BCUT2D eigenvalue weighted by molar-refractivity contribution is -0.339. The average molecular weight is 488 g/mol. The molecule has 0 aromatic rings. The molecule has 0 N–H and O–H groups in total. The summed E-state index contributed by atoms with van der Waals surface area (Å²) in [7, 11) is 1.12. The molecule has 0 aromatic carbocycles. The summed E-state index contributed by atoms with van der Waals surface area (Å²) in [5, 5.41) is 0. The van der Waals surface area contributed by atoms with Gasteiger partial charge in [-0.15, -0.1) is 6.58 Å². The van der Waals surface area contributed by atoms with E-state index in [4.69, 9.17) is 23.7 Å². The Labute approximate surface area is 196 Å². The summed E-state index contributed by atoms with van der Waals surface area (Å²) in [5.74, 6) is -2.42. The molecule has 0 saturated carbocycles. The first-order valence-corrected chi connectivity index (χ1v) is 14.7. The molecule has 2 aliphatic rings. The fourth-order valence-electron chi connectivity index (χ4n) is 4.09. The Bertz CT molecular complexity index is 736. The van der Waals surface area contributed by atoms with E-state index in [9.17, 15) is 14.4 Å². The van der Waals surface area contributed by atoms with E-state index in [1.165, 1.54) is 0 Å². The Kier molecular flexibility index (Phi) is 9.22. The Hall–Kier alpha value is -1.79. The molecule has 10 nitrogen and oxygen atoms in total. The first kappa shape index (κ1) is 27.5. The van der Waals surface area contributed by atoms with Gasteiger partial charge in [-0.05, 0) is 12.5 Å². The van der Waals surface area contributed by atoms with Crippen LogP contribution in [0.15, 0.2) is 12.7 Å². The SMILES string of the molecule is C=CC[C@H]1O[C@H]2[C@H](OCO[C@@H]2N(C(=O)OCC[Si](C)(C)C)C(=O)C(=O)OC)[C@@H](OC)C1(C)C. The van der Waals surface area contributed by atoms with Crippen LogP contribution in [0.25, 0.3) is 0 Å². The predicted molar refractivity (Wildman–Crippen MR) is 121 cm³/mol. The first-order chi connectivity index (χ1) is 15.4. The number of nitrogens with zero attached hydrogens (tertiary/aromatic N) is 1. The predicted octanol–water partition coefficient (Wildman–Crippen LogP) is 2.55. The molecule has 0 aromatic heterocycles. The van der Waals surface area contributed by atoms with Crippen LogP contribution in [0.1, 0.15) is 20.3 Å². The molecule has 11 heteroatoms. The van der Waals surface area contributed by atoms with Gasteiger partial charge in [0.2, 0.25) is 0 Å². The zero-order chi connectivity index (χ0) is 25.0. The minimum absolute atomic E-state index is 0.116. The number of esters is 1. The fourth-order valence-corrected chi connectivity index (χ4v) is 4.80. The lowest BCUT2D eigenvalue weighted by atomic mass is 9.73. The molecule has 0 unspecified atom stereocenters. The van der Waals surface area contributed by atoms with Crippen molar-refractivity contribution in [3.8, 4) is 0 Å². The summed E-state index contributed by atoms with van der Waals surface area (Å²) < 4.78 is 33.5. The van der Waals surface area contributed by atoms with E-state index in [0.717, 1.165) is 7.11 Å². The Balaban J connectivity index is 2.38. The molecule has 2 saturated heterocycles. The number of carbonyl (C=O) groups excluding carboxylic acids is 3. The van der Waals surface area contributed by atoms with Gasteiger partial charge in [-0.25, -0.2) is 14.5 Å². The van der Waals surface area contributed by atoms with Gasteiger partial charge in [-0.1, -0.05) is 39.6 Å². The Morgan fingerprint density at radius 2 is 1.82 bits per heavy atom. The molecule has 2 amide bonds. The van der Waals surface area contributed by atoms with Crippen molar-refractivity contribution in [2.45, 2.75) is 76.6 Å². The molecule has 0 aliphatic carbocycles. The highest BCUT2D eigenvalue weighted by Gasteiger charge is 2.58. The van der Waals surface area contributed by atoms with E-state index < -0.39 is 56.0 Å². The lowest BCUT2D eigenvalue weighted by Crippen LogP contribution is -2.69. The highest BCUT2D eigenvalue weighted by Crippen LogP contribution is 2.44. The molecule has 2 aliphatic heterocycles. The molecule has 2 heterocycles. The second kappa shape index (κ2) is 11.1. The molecule has 33 heavy (non-hydrogen) atoms. The number of hydrogen-bond donors (Lipinski definition) is 0. The maximum Gasteiger partial charge on any atom is 0.419 e. The van der Waals surface area contributed by atoms with Crippen LogP contribution in [0.3, 0.4) is 0 Å². The van der Waals surface area contributed by atoms with E-state index >= 15 is 0 Å². The Morgan fingerprint density at radius 3 is 2.36 bits per heavy atom. The van der Waals surface area contributed by atoms with Crippen LogP contribution in [0.5, 0.6) is 0 Å². The third-order valence-electron chi connectivity index (χ3n) is 6.03. The van der Waals surface area contributed by atoms with E-state index in [1.54, 1.807) is 13.2 Å². The first-order valence-electron chi connectivity index (χ1n) is 11.0. The van der Waals surface area contributed by atoms with Gasteiger partial charge in [0, 0.05) is 20.6 Å². The van der Waals surface area contributed by atoms with Crippen LogP contribution in [-0.4, -0.2) is 89.2 Å². The van der Waals surface area contributed by atoms with Crippen molar-refractivity contribution in [3.63, 3.8) is 0 Å². The number of amides is 2. The highest BCUT2D eigenvalue weighted by atomic mass is 28.3. The highest BCUT2D eigenvalue weighted by molar-refractivity contribution is 6.76. The standard InChI is InChI=1S/C22H37NO9Si/c1-9-10-14-22(2,3)17(27-4)15-16(32-14)19(31-13-30-15)23(18(24)20(25)28-5)21(26)29-11-12-33(6,7)8/h9,14-17,19H,1,10-13H2,2-8H3/t14-,15+,16+,17-,19+/m1/s1. The van der Waals surface area contributed by atoms with Gasteiger partial charge in [-0.2, -0.15) is 0 Å². The lowest BCUT2D eigenvalue weighted by Gasteiger charge is -2.54. The van der Waals surface area contributed by atoms with Crippen molar-refractivity contribution in [1.82, 2.24) is 4.90 Å². The maximum atomic E-state index is 13.0. The molecule has 188 valence electrons. The molecule has 0 bridgehead atoms. The quantitative estimate of drug-likeness (QED) is 0.231. The summed E-state index contributed by atoms with van der Waals surface area (Å²) in [6.45, 7) is 14.0. The number of rotatable bonds is 7. The Morgan fingerprint density at radius 1 is 1.15 bits per heavy atom. The van der Waals surface area contributed by atoms with Crippen LogP contribution >= 0.6 is 0 Å². The van der Waals surface area contributed by atoms with Crippen molar-refractivity contribution >= 4 is 26.0 Å². The van der Waals surface area contributed by atoms with Crippen molar-refractivity contribution in [1.29, 1.82) is 0 Å². The monoisotopic (exact) mass is 487 g/mol. The van der Waals surface area contributed by atoms with E-state index in [2.05, 4.69) is 31.0 Å². The van der Waals surface area contributed by atoms with Crippen molar-refractivity contribution in [3.05, 3.63) is 12.7 Å². The molecular formula is C22H37NO9Si. The molecular weight excluding hydrogens is 450 g/mol. The third kappa shape index (κ3) is 6.21. The van der Waals surface area contributed by atoms with Gasteiger partial charge in [0.05, 0.1) is 25.9 Å². The van der Waals surface area contributed by atoms with Crippen LogP contribution in [-0.2, 0) is 38.0 Å².